The van der Waals surface area contributed by atoms with Gasteiger partial charge < -0.3 is 5.32 Å². The van der Waals surface area contributed by atoms with E-state index in [-0.39, 0.29) is 18.1 Å². The lowest BCUT2D eigenvalue weighted by Gasteiger charge is -2.06. The van der Waals surface area contributed by atoms with Crippen LogP contribution in [0, 0.1) is 0 Å². The number of rotatable bonds is 9. The first kappa shape index (κ1) is 26.3. The van der Waals surface area contributed by atoms with Gasteiger partial charge in [0.1, 0.15) is 17.1 Å². The zero-order valence-electron chi connectivity index (χ0n) is 18.7. The number of fused-ring (bicyclic) bond motifs is 1. The lowest BCUT2D eigenvalue weighted by molar-refractivity contribution is -0.116. The highest BCUT2D eigenvalue weighted by Crippen LogP contribution is 2.10. The molecule has 2 rings (SSSR count). The summed E-state index contributed by atoms with van der Waals surface area (Å²) in [5, 5.41) is 2.90. The quantitative estimate of drug-likeness (QED) is 0.444. The predicted octanol–water partition coefficient (Wildman–Crippen LogP) is 5.55. The molecule has 0 spiro atoms. The van der Waals surface area contributed by atoms with Crippen molar-refractivity contribution in [2.75, 3.05) is 6.54 Å². The van der Waals surface area contributed by atoms with Gasteiger partial charge in [-0.1, -0.05) is 71.4 Å². The average molecular weight is 400 g/mol. The van der Waals surface area contributed by atoms with Crippen molar-refractivity contribution in [1.29, 1.82) is 0 Å². The standard InChI is InChI=1S/C18H21N3O2.C4H10.C2H6/c1-3-4-5-6-7-11-19-18(23)16-9-8-10-17-20-15(12-14(2)22)13-21(16)17;1-3-4-2;1-2/h3-5,8-10,13H,1,6-7,11-12H2,2H3,(H,19,23);3-4H2,1-2H3;1-2H3/b5-4-;;. The number of aromatic nitrogens is 2. The SMILES string of the molecule is C=C/C=C\CCCNC(=O)c1cccc2nc(CC(C)=O)cn12.CC.CCCC. The van der Waals surface area contributed by atoms with Crippen LogP contribution in [-0.4, -0.2) is 27.6 Å². The van der Waals surface area contributed by atoms with Gasteiger partial charge in [0.25, 0.3) is 5.91 Å². The lowest BCUT2D eigenvalue weighted by atomic mass is 10.2. The van der Waals surface area contributed by atoms with Crippen LogP contribution < -0.4 is 5.32 Å². The molecule has 2 aromatic heterocycles. The van der Waals surface area contributed by atoms with Gasteiger partial charge in [-0.2, -0.15) is 0 Å². The van der Waals surface area contributed by atoms with Crippen molar-refractivity contribution in [3.63, 3.8) is 0 Å². The Bertz CT molecular complexity index is 774. The maximum atomic E-state index is 12.3. The summed E-state index contributed by atoms with van der Waals surface area (Å²) < 4.78 is 1.73. The van der Waals surface area contributed by atoms with Crippen molar-refractivity contribution < 1.29 is 9.59 Å². The number of imidazole rings is 1. The van der Waals surface area contributed by atoms with Gasteiger partial charge >= 0.3 is 0 Å². The molecule has 1 amide bonds. The van der Waals surface area contributed by atoms with E-state index in [2.05, 4.69) is 30.7 Å². The van der Waals surface area contributed by atoms with Crippen LogP contribution in [0.1, 0.15) is 76.5 Å². The van der Waals surface area contributed by atoms with Crippen LogP contribution in [-0.2, 0) is 11.2 Å². The van der Waals surface area contributed by atoms with Gasteiger partial charge in [0.05, 0.1) is 5.69 Å². The van der Waals surface area contributed by atoms with E-state index in [0.717, 1.165) is 12.8 Å². The largest absolute Gasteiger partial charge is 0.351 e. The number of allylic oxidation sites excluding steroid dienone is 3. The first-order valence-corrected chi connectivity index (χ1v) is 10.6. The highest BCUT2D eigenvalue weighted by Gasteiger charge is 2.12. The summed E-state index contributed by atoms with van der Waals surface area (Å²) in [5.41, 5.74) is 1.86. The number of hydrogen-bond donors (Lipinski definition) is 1. The van der Waals surface area contributed by atoms with Crippen LogP contribution in [0.25, 0.3) is 5.65 Å². The molecule has 160 valence electrons. The molecule has 0 aliphatic heterocycles. The molecule has 2 heterocycles. The first-order chi connectivity index (χ1) is 14.0. The van der Waals surface area contributed by atoms with Crippen molar-refractivity contribution in [2.24, 2.45) is 0 Å². The molecule has 1 N–H and O–H groups in total. The fourth-order valence-corrected chi connectivity index (χ4v) is 2.29. The summed E-state index contributed by atoms with van der Waals surface area (Å²) in [6, 6.07) is 5.36. The summed E-state index contributed by atoms with van der Waals surface area (Å²) >= 11 is 0. The molecule has 5 heteroatoms. The van der Waals surface area contributed by atoms with E-state index >= 15 is 0 Å². The molecule has 2 aromatic rings. The van der Waals surface area contributed by atoms with Gasteiger partial charge in [-0.3, -0.25) is 14.0 Å². The van der Waals surface area contributed by atoms with E-state index in [1.807, 2.05) is 32.1 Å². The number of carbonyl (C=O) groups excluding carboxylic acids is 2. The van der Waals surface area contributed by atoms with Gasteiger partial charge in [0.15, 0.2) is 0 Å². The molecule has 0 aliphatic carbocycles. The van der Waals surface area contributed by atoms with Gasteiger partial charge in [-0.05, 0) is 31.9 Å². The molecule has 0 unspecified atom stereocenters. The third kappa shape index (κ3) is 10.4. The molecule has 0 saturated heterocycles. The number of Topliss-reactive ketones (excluding diaryl/α,β-unsaturated/α-hetero) is 1. The Balaban J connectivity index is 0.00000116. The van der Waals surface area contributed by atoms with Crippen molar-refractivity contribution >= 4 is 17.3 Å². The number of carbonyl (C=O) groups is 2. The van der Waals surface area contributed by atoms with E-state index in [1.54, 1.807) is 28.8 Å². The fraction of sp³-hybridized carbons (Fsp3) is 0.458. The Kier molecular flexibility index (Phi) is 14.8. The lowest BCUT2D eigenvalue weighted by Crippen LogP contribution is -2.26. The molecular formula is C24H37N3O2. The Morgan fingerprint density at radius 3 is 2.48 bits per heavy atom. The van der Waals surface area contributed by atoms with Crippen LogP contribution in [0.5, 0.6) is 0 Å². The van der Waals surface area contributed by atoms with Crippen molar-refractivity contribution in [3.8, 4) is 0 Å². The summed E-state index contributed by atoms with van der Waals surface area (Å²) in [4.78, 5) is 27.9. The zero-order chi connectivity index (χ0) is 22.1. The highest BCUT2D eigenvalue weighted by atomic mass is 16.2. The second-order valence-electron chi connectivity index (χ2n) is 6.31. The molecule has 5 nitrogen and oxygen atoms in total. The van der Waals surface area contributed by atoms with Gasteiger partial charge in [-0.25, -0.2) is 4.98 Å². The van der Waals surface area contributed by atoms with Crippen LogP contribution in [0.2, 0.25) is 0 Å². The third-order valence-electron chi connectivity index (χ3n) is 3.81. The minimum Gasteiger partial charge on any atom is -0.351 e. The normalized spacial score (nSPS) is 9.97. The molecule has 0 fully saturated rings. The molecule has 0 radical (unpaired) electrons. The van der Waals surface area contributed by atoms with Crippen LogP contribution in [0.15, 0.2) is 49.2 Å². The van der Waals surface area contributed by atoms with E-state index in [1.165, 1.54) is 19.8 Å². The molecular weight excluding hydrogens is 362 g/mol. The second kappa shape index (κ2) is 16.3. The molecule has 0 bridgehead atoms. The maximum Gasteiger partial charge on any atom is 0.268 e. The number of amides is 1. The Morgan fingerprint density at radius 2 is 1.90 bits per heavy atom. The average Bonchev–Trinajstić information content (AvgIpc) is 3.13. The smallest absolute Gasteiger partial charge is 0.268 e. The highest BCUT2D eigenvalue weighted by molar-refractivity contribution is 5.93. The van der Waals surface area contributed by atoms with E-state index in [9.17, 15) is 9.59 Å². The molecule has 0 saturated carbocycles. The Labute approximate surface area is 175 Å². The number of unbranched alkanes of at least 4 members (excludes halogenated alkanes) is 2. The number of ketones is 1. The zero-order valence-corrected chi connectivity index (χ0v) is 18.7. The summed E-state index contributed by atoms with van der Waals surface area (Å²) in [6.45, 7) is 14.1. The van der Waals surface area contributed by atoms with Crippen molar-refractivity contribution in [1.82, 2.24) is 14.7 Å². The Hall–Kier alpha value is -2.69. The van der Waals surface area contributed by atoms with E-state index < -0.39 is 0 Å². The number of nitrogens with zero attached hydrogens (tertiary/aromatic N) is 2. The van der Waals surface area contributed by atoms with Gasteiger partial charge in [0, 0.05) is 19.2 Å². The number of pyridine rings is 1. The third-order valence-corrected chi connectivity index (χ3v) is 3.81. The molecule has 0 aromatic carbocycles. The van der Waals surface area contributed by atoms with E-state index in [0.29, 0.717) is 23.6 Å². The second-order valence-corrected chi connectivity index (χ2v) is 6.31. The van der Waals surface area contributed by atoms with E-state index in [4.69, 9.17) is 0 Å². The van der Waals surface area contributed by atoms with Crippen molar-refractivity contribution in [2.45, 2.75) is 66.7 Å². The van der Waals surface area contributed by atoms with Crippen molar-refractivity contribution in [3.05, 3.63) is 60.6 Å². The Morgan fingerprint density at radius 1 is 1.21 bits per heavy atom. The summed E-state index contributed by atoms with van der Waals surface area (Å²) in [6.07, 6.45) is 12.1. The maximum absolute atomic E-state index is 12.3. The minimum atomic E-state index is -0.143. The monoisotopic (exact) mass is 399 g/mol. The number of hydrogen-bond acceptors (Lipinski definition) is 3. The molecule has 0 aliphatic rings. The molecule has 0 atom stereocenters. The van der Waals surface area contributed by atoms with Gasteiger partial charge in [-0.15, -0.1) is 0 Å². The first-order valence-electron chi connectivity index (χ1n) is 10.6. The number of nitrogens with one attached hydrogen (secondary N) is 1. The predicted molar refractivity (Wildman–Crippen MR) is 122 cm³/mol. The fourth-order valence-electron chi connectivity index (χ4n) is 2.29. The minimum absolute atomic E-state index is 0.0481. The summed E-state index contributed by atoms with van der Waals surface area (Å²) in [5.74, 6) is -0.0953. The van der Waals surface area contributed by atoms with Crippen LogP contribution >= 0.6 is 0 Å². The van der Waals surface area contributed by atoms with Gasteiger partial charge in [0.2, 0.25) is 0 Å². The van der Waals surface area contributed by atoms with Crippen LogP contribution in [0.4, 0.5) is 0 Å². The summed E-state index contributed by atoms with van der Waals surface area (Å²) in [7, 11) is 0. The van der Waals surface area contributed by atoms with Crippen LogP contribution in [0.3, 0.4) is 0 Å². The molecule has 29 heavy (non-hydrogen) atoms. The topological polar surface area (TPSA) is 63.5 Å².